The highest BCUT2D eigenvalue weighted by Gasteiger charge is 2.19. The molecule has 48 valence electrons. The quantitative estimate of drug-likeness (QED) is 0.609. The Morgan fingerprint density at radius 1 is 1.67 bits per heavy atom. The van der Waals surface area contributed by atoms with E-state index in [9.17, 15) is 9.13 Å². The van der Waals surface area contributed by atoms with Crippen LogP contribution in [-0.2, 0) is 9.13 Å². The molecule has 0 aromatic carbocycles. The molecule has 1 aliphatic rings. The first kappa shape index (κ1) is 7.40. The van der Waals surface area contributed by atoms with Gasteiger partial charge in [0.25, 0.3) is 0 Å². The summed E-state index contributed by atoms with van der Waals surface area (Å²) in [6.07, 6.45) is 0. The van der Waals surface area contributed by atoms with Crippen LogP contribution in [0.2, 0.25) is 0 Å². The predicted octanol–water partition coefficient (Wildman–Crippen LogP) is 2.53. The van der Waals surface area contributed by atoms with Gasteiger partial charge in [-0.3, -0.25) is 9.13 Å². The van der Waals surface area contributed by atoms with Crippen molar-refractivity contribution in [3.8, 4) is 0 Å². The summed E-state index contributed by atoms with van der Waals surface area (Å²) in [5, 5.41) is 2.57. The largest absolute Gasteiger partial charge is 0.274 e. The van der Waals surface area contributed by atoms with Crippen LogP contribution < -0.4 is 0 Å². The summed E-state index contributed by atoms with van der Waals surface area (Å²) in [7, 11) is 0.101. The van der Waals surface area contributed by atoms with E-state index in [1.54, 1.807) is 11.8 Å². The molecule has 1 aliphatic heterocycles. The fourth-order valence-corrected chi connectivity index (χ4v) is 3.15. The van der Waals surface area contributed by atoms with Gasteiger partial charge in [-0.15, -0.1) is 11.8 Å². The maximum absolute atomic E-state index is 10.3. The van der Waals surface area contributed by atoms with E-state index >= 15 is 0 Å². The number of allylic oxidation sites excluding steroid dienone is 1. The average Bonchev–Trinajstić information content (AvgIpc) is 2.33. The third-order valence-electron chi connectivity index (χ3n) is 1.03. The van der Waals surface area contributed by atoms with Crippen molar-refractivity contribution in [1.82, 2.24) is 0 Å². The molecule has 0 aromatic rings. The van der Waals surface area contributed by atoms with Crippen LogP contribution in [0, 0.1) is 0 Å². The van der Waals surface area contributed by atoms with Gasteiger partial charge in [0.05, 0.1) is 5.66 Å². The summed E-state index contributed by atoms with van der Waals surface area (Å²) in [6, 6.07) is 0. The van der Waals surface area contributed by atoms with Gasteiger partial charge in [-0.2, -0.15) is 0 Å². The van der Waals surface area contributed by atoms with Crippen molar-refractivity contribution < 1.29 is 9.13 Å². The van der Waals surface area contributed by atoms with Crippen molar-refractivity contribution >= 4 is 28.7 Å². The van der Waals surface area contributed by atoms with Gasteiger partial charge >= 0.3 is 0 Å². The first-order chi connectivity index (χ1) is 4.38. The molecule has 1 unspecified atom stereocenters. The highest BCUT2D eigenvalue weighted by Crippen LogP contribution is 2.36. The van der Waals surface area contributed by atoms with Crippen LogP contribution >= 0.6 is 28.7 Å². The van der Waals surface area contributed by atoms with Crippen molar-refractivity contribution in [2.45, 2.75) is 5.66 Å². The zero-order valence-corrected chi connectivity index (χ0v) is 7.09. The third kappa shape index (κ3) is 1.61. The summed E-state index contributed by atoms with van der Waals surface area (Å²) < 4.78 is 20.5. The molecule has 2 nitrogen and oxygen atoms in total. The smallest absolute Gasteiger partial charge is 0.189 e. The van der Waals surface area contributed by atoms with Crippen molar-refractivity contribution in [2.75, 3.05) is 5.75 Å². The minimum atomic E-state index is -0.00540. The van der Waals surface area contributed by atoms with E-state index < -0.39 is 0 Å². The second-order valence-electron chi connectivity index (χ2n) is 1.59. The van der Waals surface area contributed by atoms with Crippen LogP contribution in [0.4, 0.5) is 0 Å². The zero-order chi connectivity index (χ0) is 6.69. The van der Waals surface area contributed by atoms with Gasteiger partial charge in [-0.1, -0.05) is 0 Å². The molecule has 0 aromatic heterocycles. The minimum Gasteiger partial charge on any atom is -0.274 e. The van der Waals surface area contributed by atoms with E-state index in [0.29, 0.717) is 0 Å². The summed E-state index contributed by atoms with van der Waals surface area (Å²) in [4.78, 5) is 0. The molecule has 5 heteroatoms. The molecule has 0 aliphatic carbocycles. The second kappa shape index (κ2) is 3.46. The van der Waals surface area contributed by atoms with Crippen molar-refractivity contribution in [1.29, 1.82) is 0 Å². The normalized spacial score (nSPS) is 27.1. The van der Waals surface area contributed by atoms with Crippen molar-refractivity contribution in [3.63, 3.8) is 0 Å². The van der Waals surface area contributed by atoms with Gasteiger partial charge < -0.3 is 0 Å². The Hall–Kier alpha value is 0.290. The summed E-state index contributed by atoms with van der Waals surface area (Å²) in [5.74, 6) is 0.801. The molecule has 0 saturated carbocycles. The van der Waals surface area contributed by atoms with E-state index in [1.165, 1.54) is 0 Å². The zero-order valence-electron chi connectivity index (χ0n) is 4.48. The van der Waals surface area contributed by atoms with Crippen molar-refractivity contribution in [2.24, 2.45) is 0 Å². The Bertz CT molecular complexity index is 168. The van der Waals surface area contributed by atoms with Crippen LogP contribution in [0.25, 0.3) is 0 Å². The highest BCUT2D eigenvalue weighted by molar-refractivity contribution is 8.02. The Balaban J connectivity index is 2.67. The van der Waals surface area contributed by atoms with E-state index in [-0.39, 0.29) is 22.6 Å². The first-order valence-corrected chi connectivity index (χ1v) is 5.10. The number of hydrogen-bond donors (Lipinski definition) is 0. The van der Waals surface area contributed by atoms with Gasteiger partial charge in [0, 0.05) is 11.1 Å². The van der Waals surface area contributed by atoms with Crippen LogP contribution in [0.3, 0.4) is 0 Å². The molecule has 1 rings (SSSR count). The maximum atomic E-state index is 10.3. The lowest BCUT2D eigenvalue weighted by Crippen LogP contribution is -1.94. The lowest BCUT2D eigenvalue weighted by molar-refractivity contribution is 0.593. The molecule has 0 fully saturated rings. The van der Waals surface area contributed by atoms with Crippen molar-refractivity contribution in [3.05, 3.63) is 10.7 Å². The Kier molecular flexibility index (Phi) is 2.84. The molecule has 0 N–H and O–H groups in total. The highest BCUT2D eigenvalue weighted by atomic mass is 32.2. The Morgan fingerprint density at radius 3 is 2.89 bits per heavy atom. The second-order valence-corrected chi connectivity index (χ2v) is 4.02. The molecule has 1 atom stereocenters. The molecule has 0 radical (unpaired) electrons. The predicted molar refractivity (Wildman–Crippen MR) is 39.5 cm³/mol. The number of hydrogen-bond acceptors (Lipinski definition) is 3. The molecular weight excluding hydrogens is 174 g/mol. The molecule has 0 bridgehead atoms. The van der Waals surface area contributed by atoms with E-state index in [1.807, 2.05) is 5.41 Å². The molecule has 9 heavy (non-hydrogen) atoms. The topological polar surface area (TPSA) is 34.1 Å². The van der Waals surface area contributed by atoms with Crippen LogP contribution in [0.1, 0.15) is 0 Å². The standard InChI is InChI=1S/C4H4O2P2S/c5-7-3-1-9-2-4(3)8-6/h1,4H,2H2. The van der Waals surface area contributed by atoms with E-state index in [0.717, 1.165) is 11.1 Å². The van der Waals surface area contributed by atoms with E-state index in [4.69, 9.17) is 0 Å². The minimum absolute atomic E-state index is 0.00540. The Morgan fingerprint density at radius 2 is 2.44 bits per heavy atom. The summed E-state index contributed by atoms with van der Waals surface area (Å²) >= 11 is 1.56. The van der Waals surface area contributed by atoms with Gasteiger partial charge in [0.1, 0.15) is 0 Å². The van der Waals surface area contributed by atoms with E-state index in [2.05, 4.69) is 0 Å². The monoisotopic (exact) mass is 178 g/mol. The van der Waals surface area contributed by atoms with Crippen LogP contribution in [0.15, 0.2) is 10.7 Å². The van der Waals surface area contributed by atoms with Gasteiger partial charge in [-0.25, -0.2) is 0 Å². The fourth-order valence-electron chi connectivity index (χ4n) is 0.555. The summed E-state index contributed by atoms with van der Waals surface area (Å²) in [5.41, 5.74) is -0.00540. The maximum Gasteiger partial charge on any atom is 0.189 e. The van der Waals surface area contributed by atoms with Crippen LogP contribution in [0.5, 0.6) is 0 Å². The SMILES string of the molecule is O=PC1=CSCC1P=O. The fraction of sp³-hybridized carbons (Fsp3) is 0.500. The molecular formula is C4H4O2P2S. The van der Waals surface area contributed by atoms with Gasteiger partial charge in [-0.05, 0) is 5.41 Å². The first-order valence-electron chi connectivity index (χ1n) is 2.36. The summed E-state index contributed by atoms with van der Waals surface area (Å²) in [6.45, 7) is 0. The lowest BCUT2D eigenvalue weighted by Gasteiger charge is -1.92. The lowest BCUT2D eigenvalue weighted by atomic mass is 10.5. The third-order valence-corrected chi connectivity index (χ3v) is 3.97. The average molecular weight is 178 g/mol. The van der Waals surface area contributed by atoms with Crippen LogP contribution in [-0.4, -0.2) is 11.4 Å². The molecule has 1 heterocycles. The van der Waals surface area contributed by atoms with Gasteiger partial charge in [0.2, 0.25) is 0 Å². The Labute approximate surface area is 60.5 Å². The van der Waals surface area contributed by atoms with Gasteiger partial charge in [0.15, 0.2) is 16.9 Å². The number of thioether (sulfide) groups is 1. The number of rotatable bonds is 2. The molecule has 0 spiro atoms. The molecule has 0 saturated heterocycles. The molecule has 0 amide bonds.